The van der Waals surface area contributed by atoms with Crippen LogP contribution in [0.3, 0.4) is 0 Å². The summed E-state index contributed by atoms with van der Waals surface area (Å²) in [6, 6.07) is 19.4. The highest BCUT2D eigenvalue weighted by Crippen LogP contribution is 2.28. The van der Waals surface area contributed by atoms with E-state index in [1.54, 1.807) is 18.2 Å². The number of sulfonamides is 1. The van der Waals surface area contributed by atoms with Crippen molar-refractivity contribution in [3.8, 4) is 0 Å². The molecule has 0 bridgehead atoms. The fourth-order valence-corrected chi connectivity index (χ4v) is 6.35. The molecule has 0 aliphatic rings. The van der Waals surface area contributed by atoms with E-state index in [0.717, 1.165) is 29.4 Å². The van der Waals surface area contributed by atoms with E-state index < -0.39 is 16.1 Å². The second-order valence-corrected chi connectivity index (χ2v) is 13.7. The van der Waals surface area contributed by atoms with E-state index in [4.69, 9.17) is 23.2 Å². The zero-order valence-corrected chi connectivity index (χ0v) is 27.8. The van der Waals surface area contributed by atoms with Gasteiger partial charge in [0.1, 0.15) is 6.04 Å². The SMILES string of the molecule is CC[C@@H](C)NC(=O)[C@@H](Cc1ccccc1)N(Cc1c(Cl)cccc1Cl)C(=O)CCCN(c1cc(C)ccc1C)S(C)(=O)=O. The van der Waals surface area contributed by atoms with Crippen LogP contribution in [0.1, 0.15) is 55.4 Å². The summed E-state index contributed by atoms with van der Waals surface area (Å²) in [5.41, 5.74) is 3.78. The molecule has 0 aliphatic heterocycles. The highest BCUT2D eigenvalue weighted by atomic mass is 35.5. The molecule has 1 N–H and O–H groups in total. The largest absolute Gasteiger partial charge is 0.352 e. The third-order valence-electron chi connectivity index (χ3n) is 7.45. The molecule has 0 fully saturated rings. The fourth-order valence-electron chi connectivity index (χ4n) is 4.82. The number of benzene rings is 3. The Balaban J connectivity index is 1.95. The number of anilines is 1. The molecule has 0 heterocycles. The first-order valence-electron chi connectivity index (χ1n) is 14.4. The number of carbonyl (C=O) groups excluding carboxylic acids is 2. The van der Waals surface area contributed by atoms with Crippen LogP contribution in [0.2, 0.25) is 10.0 Å². The minimum absolute atomic E-state index is 0.0147. The molecule has 0 aromatic heterocycles. The number of halogens is 2. The maximum atomic E-state index is 14.0. The summed E-state index contributed by atoms with van der Waals surface area (Å²) in [7, 11) is -3.61. The maximum absolute atomic E-state index is 14.0. The average molecular weight is 647 g/mol. The van der Waals surface area contributed by atoms with Crippen molar-refractivity contribution >= 4 is 50.7 Å². The van der Waals surface area contributed by atoms with Crippen LogP contribution in [0.25, 0.3) is 0 Å². The van der Waals surface area contributed by atoms with Crippen molar-refractivity contribution in [2.24, 2.45) is 0 Å². The number of hydrogen-bond acceptors (Lipinski definition) is 4. The standard InChI is InChI=1S/C33H41Cl2N3O4S/c1-6-25(4)36-33(40)31(21-26-12-8-7-9-13-26)37(22-27-28(34)14-10-15-29(27)35)32(39)16-11-19-38(43(5,41)42)30-20-23(2)17-18-24(30)3/h7-10,12-15,17-18,20,25,31H,6,11,16,19,21-22H2,1-5H3,(H,36,40)/t25-,31-/m1/s1. The Kier molecular flexibility index (Phi) is 12.5. The molecule has 3 rings (SSSR count). The van der Waals surface area contributed by atoms with E-state index in [1.807, 2.05) is 76.2 Å². The Morgan fingerprint density at radius 1 is 0.953 bits per heavy atom. The van der Waals surface area contributed by atoms with Crippen LogP contribution >= 0.6 is 23.2 Å². The number of amides is 2. The minimum Gasteiger partial charge on any atom is -0.352 e. The molecule has 3 aromatic rings. The highest BCUT2D eigenvalue weighted by molar-refractivity contribution is 7.92. The third kappa shape index (κ3) is 9.71. The Labute approximate surface area is 266 Å². The molecule has 10 heteroatoms. The lowest BCUT2D eigenvalue weighted by molar-refractivity contribution is -0.141. The molecule has 0 radical (unpaired) electrons. The van der Waals surface area contributed by atoms with Gasteiger partial charge in [0, 0.05) is 47.6 Å². The van der Waals surface area contributed by atoms with Gasteiger partial charge in [-0.05, 0) is 68.5 Å². The second-order valence-electron chi connectivity index (χ2n) is 11.0. The molecular weight excluding hydrogens is 605 g/mol. The summed E-state index contributed by atoms with van der Waals surface area (Å²) in [5.74, 6) is -0.575. The number of aryl methyl sites for hydroxylation is 2. The van der Waals surface area contributed by atoms with E-state index in [9.17, 15) is 18.0 Å². The first-order valence-corrected chi connectivity index (χ1v) is 17.0. The maximum Gasteiger partial charge on any atom is 0.243 e. The van der Waals surface area contributed by atoms with Gasteiger partial charge in [-0.2, -0.15) is 0 Å². The van der Waals surface area contributed by atoms with Crippen LogP contribution < -0.4 is 9.62 Å². The van der Waals surface area contributed by atoms with E-state index in [-0.39, 0.29) is 50.2 Å². The Hall–Kier alpha value is -3.07. The minimum atomic E-state index is -3.61. The van der Waals surface area contributed by atoms with Gasteiger partial charge < -0.3 is 10.2 Å². The lowest BCUT2D eigenvalue weighted by Gasteiger charge is -2.33. The van der Waals surface area contributed by atoms with Gasteiger partial charge in [-0.1, -0.05) is 78.7 Å². The third-order valence-corrected chi connectivity index (χ3v) is 9.34. The number of nitrogens with zero attached hydrogens (tertiary/aromatic N) is 2. The van der Waals surface area contributed by atoms with Crippen molar-refractivity contribution in [1.29, 1.82) is 0 Å². The molecule has 0 unspecified atom stereocenters. The van der Waals surface area contributed by atoms with Gasteiger partial charge in [-0.15, -0.1) is 0 Å². The lowest BCUT2D eigenvalue weighted by atomic mass is 10.0. The second kappa shape index (κ2) is 15.6. The predicted octanol–water partition coefficient (Wildman–Crippen LogP) is 6.71. The molecule has 43 heavy (non-hydrogen) atoms. The topological polar surface area (TPSA) is 86.8 Å². The Morgan fingerprint density at radius 3 is 2.21 bits per heavy atom. The monoisotopic (exact) mass is 645 g/mol. The Bertz CT molecular complexity index is 1500. The fraction of sp³-hybridized carbons (Fsp3) is 0.394. The quantitative estimate of drug-likeness (QED) is 0.211. The van der Waals surface area contributed by atoms with Crippen LogP contribution in [0.15, 0.2) is 66.7 Å². The van der Waals surface area contributed by atoms with Gasteiger partial charge in [0.05, 0.1) is 11.9 Å². The van der Waals surface area contributed by atoms with Gasteiger partial charge in [0.25, 0.3) is 0 Å². The first kappa shape index (κ1) is 34.4. The zero-order chi connectivity index (χ0) is 31.7. The molecular formula is C33H41Cl2N3O4S. The van der Waals surface area contributed by atoms with Crippen molar-refractivity contribution in [3.05, 3.63) is 99.0 Å². The molecule has 2 atom stereocenters. The Morgan fingerprint density at radius 2 is 1.60 bits per heavy atom. The van der Waals surface area contributed by atoms with Gasteiger partial charge in [0.15, 0.2) is 0 Å². The van der Waals surface area contributed by atoms with Crippen molar-refractivity contribution in [3.63, 3.8) is 0 Å². The predicted molar refractivity (Wildman–Crippen MR) is 176 cm³/mol. The highest BCUT2D eigenvalue weighted by Gasteiger charge is 2.32. The summed E-state index contributed by atoms with van der Waals surface area (Å²) in [6.45, 7) is 7.79. The molecule has 7 nitrogen and oxygen atoms in total. The van der Waals surface area contributed by atoms with Crippen LogP contribution in [0.4, 0.5) is 5.69 Å². The summed E-state index contributed by atoms with van der Waals surface area (Å²) >= 11 is 13.0. The number of nitrogens with one attached hydrogen (secondary N) is 1. The molecule has 0 saturated carbocycles. The van der Waals surface area contributed by atoms with Gasteiger partial charge in [-0.25, -0.2) is 8.42 Å². The summed E-state index contributed by atoms with van der Waals surface area (Å²) in [4.78, 5) is 29.3. The van der Waals surface area contributed by atoms with Crippen LogP contribution in [0, 0.1) is 13.8 Å². The normalized spacial score (nSPS) is 12.8. The molecule has 0 saturated heterocycles. The van der Waals surface area contributed by atoms with E-state index >= 15 is 0 Å². The van der Waals surface area contributed by atoms with Crippen LogP contribution in [0.5, 0.6) is 0 Å². The number of carbonyl (C=O) groups is 2. The van der Waals surface area contributed by atoms with Gasteiger partial charge >= 0.3 is 0 Å². The van der Waals surface area contributed by atoms with Crippen molar-refractivity contribution in [2.45, 2.75) is 72.0 Å². The van der Waals surface area contributed by atoms with Crippen molar-refractivity contribution < 1.29 is 18.0 Å². The summed E-state index contributed by atoms with van der Waals surface area (Å²) in [5, 5.41) is 3.83. The van der Waals surface area contributed by atoms with Gasteiger partial charge in [-0.3, -0.25) is 13.9 Å². The molecule has 2 amide bonds. The van der Waals surface area contributed by atoms with Gasteiger partial charge in [0.2, 0.25) is 21.8 Å². The molecule has 3 aromatic carbocycles. The summed E-state index contributed by atoms with van der Waals surface area (Å²) in [6.07, 6.45) is 2.44. The lowest BCUT2D eigenvalue weighted by Crippen LogP contribution is -2.52. The van der Waals surface area contributed by atoms with E-state index in [1.165, 1.54) is 9.21 Å². The molecule has 0 spiro atoms. The van der Waals surface area contributed by atoms with E-state index in [0.29, 0.717) is 21.3 Å². The summed E-state index contributed by atoms with van der Waals surface area (Å²) < 4.78 is 26.9. The average Bonchev–Trinajstić information content (AvgIpc) is 2.95. The van der Waals surface area contributed by atoms with Crippen LogP contribution in [-0.4, -0.2) is 50.0 Å². The number of rotatable bonds is 14. The number of hydrogen-bond donors (Lipinski definition) is 1. The zero-order valence-electron chi connectivity index (χ0n) is 25.4. The smallest absolute Gasteiger partial charge is 0.243 e. The molecule has 0 aliphatic carbocycles. The first-order chi connectivity index (χ1) is 20.3. The van der Waals surface area contributed by atoms with Crippen molar-refractivity contribution in [1.82, 2.24) is 10.2 Å². The van der Waals surface area contributed by atoms with Crippen LogP contribution in [-0.2, 0) is 32.6 Å². The molecule has 232 valence electrons. The van der Waals surface area contributed by atoms with E-state index in [2.05, 4.69) is 5.32 Å². The van der Waals surface area contributed by atoms with Crippen molar-refractivity contribution in [2.75, 3.05) is 17.1 Å².